The van der Waals surface area contributed by atoms with E-state index in [1.54, 1.807) is 13.8 Å². The minimum Gasteiger partial charge on any atom is -0.324 e. The van der Waals surface area contributed by atoms with Crippen molar-refractivity contribution < 1.29 is 8.42 Å². The molecule has 1 rings (SSSR count). The summed E-state index contributed by atoms with van der Waals surface area (Å²) in [4.78, 5) is 2.14. The fraction of sp³-hybridized carbons (Fsp3) is 1.00. The molecular formula is C10H23ClN2O2S. The van der Waals surface area contributed by atoms with Crippen molar-refractivity contribution >= 4 is 22.2 Å². The lowest BCUT2D eigenvalue weighted by atomic mass is 10.1. The predicted molar refractivity (Wildman–Crippen MR) is 69.8 cm³/mol. The third-order valence-electron chi connectivity index (χ3n) is 2.75. The molecule has 1 saturated heterocycles. The van der Waals surface area contributed by atoms with Crippen molar-refractivity contribution in [2.75, 3.05) is 25.4 Å². The number of hydrogen-bond donors (Lipinski definition) is 1. The van der Waals surface area contributed by atoms with E-state index in [1.807, 2.05) is 13.8 Å². The lowest BCUT2D eigenvalue weighted by Gasteiger charge is -2.40. The highest BCUT2D eigenvalue weighted by molar-refractivity contribution is 7.92. The Kier molecular flexibility index (Phi) is 4.85. The smallest absolute Gasteiger partial charge is 0.157 e. The molecule has 1 fully saturated rings. The van der Waals surface area contributed by atoms with Crippen LogP contribution in [0.15, 0.2) is 0 Å². The Labute approximate surface area is 105 Å². The standard InChI is InChI=1S/C10H22N2O2S.ClH/c1-9(2,11)7-12-5-6-15(13,14)10(3,4)8-12;/h5-8,11H2,1-4H3;1H. The van der Waals surface area contributed by atoms with E-state index in [-0.39, 0.29) is 23.7 Å². The van der Waals surface area contributed by atoms with Gasteiger partial charge in [0.1, 0.15) is 0 Å². The molecule has 0 aromatic carbocycles. The van der Waals surface area contributed by atoms with E-state index < -0.39 is 14.6 Å². The number of hydrogen-bond acceptors (Lipinski definition) is 4. The number of nitrogens with zero attached hydrogens (tertiary/aromatic N) is 1. The van der Waals surface area contributed by atoms with E-state index in [0.717, 1.165) is 6.54 Å². The zero-order chi connectivity index (χ0) is 11.9. The van der Waals surface area contributed by atoms with Crippen LogP contribution < -0.4 is 5.73 Å². The second-order valence-electron chi connectivity index (χ2n) is 5.78. The zero-order valence-corrected chi connectivity index (χ0v) is 12.1. The third kappa shape index (κ3) is 3.87. The Morgan fingerprint density at radius 2 is 1.88 bits per heavy atom. The van der Waals surface area contributed by atoms with Crippen LogP contribution in [0.4, 0.5) is 0 Å². The van der Waals surface area contributed by atoms with Crippen LogP contribution in [-0.2, 0) is 9.84 Å². The van der Waals surface area contributed by atoms with Gasteiger partial charge in [-0.1, -0.05) is 0 Å². The molecule has 6 heteroatoms. The first kappa shape index (κ1) is 16.2. The van der Waals surface area contributed by atoms with E-state index in [1.165, 1.54) is 0 Å². The van der Waals surface area contributed by atoms with Gasteiger partial charge in [0.05, 0.1) is 10.5 Å². The van der Waals surface area contributed by atoms with Crippen LogP contribution in [0.1, 0.15) is 27.7 Å². The molecule has 0 aliphatic carbocycles. The molecule has 1 aliphatic heterocycles. The van der Waals surface area contributed by atoms with Gasteiger partial charge in [0.2, 0.25) is 0 Å². The molecule has 4 nitrogen and oxygen atoms in total. The molecule has 0 spiro atoms. The second-order valence-corrected chi connectivity index (χ2v) is 8.52. The molecular weight excluding hydrogens is 248 g/mol. The van der Waals surface area contributed by atoms with Crippen molar-refractivity contribution in [3.05, 3.63) is 0 Å². The Bertz CT molecular complexity index is 333. The van der Waals surface area contributed by atoms with Crippen LogP contribution in [0.2, 0.25) is 0 Å². The highest BCUT2D eigenvalue weighted by Gasteiger charge is 2.40. The molecule has 0 amide bonds. The molecule has 16 heavy (non-hydrogen) atoms. The van der Waals surface area contributed by atoms with Crippen molar-refractivity contribution in [2.45, 2.75) is 38.0 Å². The summed E-state index contributed by atoms with van der Waals surface area (Å²) in [5, 5.41) is 0. The van der Waals surface area contributed by atoms with Gasteiger partial charge >= 0.3 is 0 Å². The van der Waals surface area contributed by atoms with Crippen LogP contribution in [0.5, 0.6) is 0 Å². The highest BCUT2D eigenvalue weighted by atomic mass is 35.5. The van der Waals surface area contributed by atoms with Gasteiger partial charge in [-0.15, -0.1) is 12.4 Å². The molecule has 0 bridgehead atoms. The summed E-state index contributed by atoms with van der Waals surface area (Å²) in [7, 11) is -2.93. The Balaban J connectivity index is 0.00000225. The average Bonchev–Trinajstić information content (AvgIpc) is 1.94. The quantitative estimate of drug-likeness (QED) is 0.801. The SMILES string of the molecule is CC(C)(N)CN1CCS(=O)(=O)C(C)(C)C1.Cl. The summed E-state index contributed by atoms with van der Waals surface area (Å²) in [5.41, 5.74) is 5.66. The average molecular weight is 271 g/mol. The first-order chi connectivity index (χ1) is 6.54. The second kappa shape index (κ2) is 4.80. The van der Waals surface area contributed by atoms with E-state index in [2.05, 4.69) is 4.90 Å². The van der Waals surface area contributed by atoms with Crippen molar-refractivity contribution in [3.63, 3.8) is 0 Å². The van der Waals surface area contributed by atoms with Crippen LogP contribution >= 0.6 is 12.4 Å². The van der Waals surface area contributed by atoms with Gasteiger partial charge in [0.15, 0.2) is 9.84 Å². The summed E-state index contributed by atoms with van der Waals surface area (Å²) < 4.78 is 22.9. The molecule has 0 unspecified atom stereocenters. The number of nitrogens with two attached hydrogens (primary N) is 1. The maximum absolute atomic E-state index is 11.8. The van der Waals surface area contributed by atoms with Crippen LogP contribution in [0, 0.1) is 0 Å². The van der Waals surface area contributed by atoms with E-state index in [0.29, 0.717) is 13.1 Å². The van der Waals surface area contributed by atoms with Crippen molar-refractivity contribution in [2.24, 2.45) is 5.73 Å². The van der Waals surface area contributed by atoms with Crippen LogP contribution in [0.3, 0.4) is 0 Å². The maximum atomic E-state index is 11.8. The molecule has 1 heterocycles. The van der Waals surface area contributed by atoms with Gasteiger partial charge in [0.25, 0.3) is 0 Å². The van der Waals surface area contributed by atoms with Crippen LogP contribution in [-0.4, -0.2) is 49.0 Å². The highest BCUT2D eigenvalue weighted by Crippen LogP contribution is 2.24. The molecule has 0 aromatic heterocycles. The van der Waals surface area contributed by atoms with Gasteiger partial charge in [-0.05, 0) is 27.7 Å². The first-order valence-corrected chi connectivity index (χ1v) is 6.92. The third-order valence-corrected chi connectivity index (χ3v) is 5.29. The van der Waals surface area contributed by atoms with E-state index >= 15 is 0 Å². The van der Waals surface area contributed by atoms with Crippen LogP contribution in [0.25, 0.3) is 0 Å². The number of sulfone groups is 1. The number of rotatable bonds is 2. The topological polar surface area (TPSA) is 63.4 Å². The molecule has 0 atom stereocenters. The van der Waals surface area contributed by atoms with Crippen molar-refractivity contribution in [1.29, 1.82) is 0 Å². The van der Waals surface area contributed by atoms with E-state index in [4.69, 9.17) is 5.73 Å². The molecule has 2 N–H and O–H groups in total. The van der Waals surface area contributed by atoms with Crippen molar-refractivity contribution in [1.82, 2.24) is 4.90 Å². The fourth-order valence-corrected chi connectivity index (χ4v) is 3.38. The van der Waals surface area contributed by atoms with Crippen molar-refractivity contribution in [3.8, 4) is 0 Å². The number of halogens is 1. The maximum Gasteiger partial charge on any atom is 0.157 e. The monoisotopic (exact) mass is 270 g/mol. The van der Waals surface area contributed by atoms with E-state index in [9.17, 15) is 8.42 Å². The Hall–Kier alpha value is 0.160. The lowest BCUT2D eigenvalue weighted by molar-refractivity contribution is 0.209. The summed E-state index contributed by atoms with van der Waals surface area (Å²) in [6.45, 7) is 9.43. The molecule has 0 radical (unpaired) electrons. The molecule has 0 saturated carbocycles. The zero-order valence-electron chi connectivity index (χ0n) is 10.5. The van der Waals surface area contributed by atoms with Gasteiger partial charge < -0.3 is 5.73 Å². The molecule has 0 aromatic rings. The normalized spacial score (nSPS) is 24.8. The van der Waals surface area contributed by atoms with Gasteiger partial charge in [-0.2, -0.15) is 0 Å². The Morgan fingerprint density at radius 3 is 2.25 bits per heavy atom. The Morgan fingerprint density at radius 1 is 1.38 bits per heavy atom. The minimum atomic E-state index is -2.93. The first-order valence-electron chi connectivity index (χ1n) is 5.27. The lowest BCUT2D eigenvalue weighted by Crippen LogP contribution is -2.57. The summed E-state index contributed by atoms with van der Waals surface area (Å²) in [6, 6.07) is 0. The van der Waals surface area contributed by atoms with Gasteiger partial charge in [-0.25, -0.2) is 8.42 Å². The summed E-state index contributed by atoms with van der Waals surface area (Å²) >= 11 is 0. The van der Waals surface area contributed by atoms with Gasteiger partial charge in [0, 0.05) is 25.2 Å². The van der Waals surface area contributed by atoms with Gasteiger partial charge in [-0.3, -0.25) is 4.90 Å². The molecule has 1 aliphatic rings. The summed E-state index contributed by atoms with van der Waals surface area (Å²) in [6.07, 6.45) is 0. The fourth-order valence-electron chi connectivity index (χ4n) is 1.95. The largest absolute Gasteiger partial charge is 0.324 e. The minimum absolute atomic E-state index is 0. The predicted octanol–water partition coefficient (Wildman–Crippen LogP) is 0.654. The summed E-state index contributed by atoms with van der Waals surface area (Å²) in [5.74, 6) is 0.246. The molecule has 98 valence electrons.